The van der Waals surface area contributed by atoms with Crippen LogP contribution in [0.1, 0.15) is 0 Å². The van der Waals surface area contributed by atoms with Crippen molar-refractivity contribution in [1.29, 1.82) is 0 Å². The first-order chi connectivity index (χ1) is 2.95. The fraction of sp³-hybridized carbons (Fsp3) is 0. The van der Waals surface area contributed by atoms with Gasteiger partial charge in [0.2, 0.25) is 0 Å². The smallest absolute Gasteiger partial charge is 0.412 e. The Morgan fingerprint density at radius 2 is 2.17 bits per heavy atom. The average molecular weight is 85.0 g/mol. The predicted molar refractivity (Wildman–Crippen MR) is 14.6 cm³/mol. The molecule has 3 heterocycles. The highest BCUT2D eigenvalue weighted by Gasteiger charge is 2.39. The molecule has 3 rings (SSSR count). The first-order valence-electron chi connectivity index (χ1n) is 1.54. The van der Waals surface area contributed by atoms with E-state index >= 15 is 0 Å². The van der Waals surface area contributed by atoms with E-state index in [1.54, 1.807) is 0 Å². The first-order valence-corrected chi connectivity index (χ1v) is 1.54. The number of rotatable bonds is 0. The van der Waals surface area contributed by atoms with E-state index in [0.29, 0.717) is 5.95 Å². The lowest BCUT2D eigenvalue weighted by Crippen LogP contribution is -2.12. The van der Waals surface area contributed by atoms with Gasteiger partial charge in [-0.2, -0.15) is 0 Å². The first kappa shape index (κ1) is 2.34. The minimum absolute atomic E-state index is 0.255. The molecule has 0 amide bonds. The summed E-state index contributed by atoms with van der Waals surface area (Å²) in [5.74, 6) is 0.463. The summed E-state index contributed by atoms with van der Waals surface area (Å²) in [6, 6.07) is 0. The molecule has 3 heteroatoms. The van der Waals surface area contributed by atoms with Crippen LogP contribution in [0.2, 0.25) is 0 Å². The Balaban J connectivity index is 2.37. The highest BCUT2D eigenvalue weighted by molar-refractivity contribution is 4.96. The molecule has 0 aromatic rings. The molecule has 0 saturated carbocycles. The van der Waals surface area contributed by atoms with Gasteiger partial charge in [0.1, 0.15) is 0 Å². The van der Waals surface area contributed by atoms with Crippen LogP contribution in [-0.4, -0.2) is 0 Å². The quantitative estimate of drug-likeness (QED) is 0.423. The summed E-state index contributed by atoms with van der Waals surface area (Å²) < 4.78 is 13.7. The molecule has 0 N–H and O–H groups in total. The van der Waals surface area contributed by atoms with Gasteiger partial charge >= 0.3 is 12.4 Å². The lowest BCUT2D eigenvalue weighted by Gasteiger charge is -2.14. The summed E-state index contributed by atoms with van der Waals surface area (Å²) >= 11 is 0. The van der Waals surface area contributed by atoms with Gasteiger partial charge in [-0.15, -0.1) is 0 Å². The molecule has 0 aromatic carbocycles. The van der Waals surface area contributed by atoms with Crippen molar-refractivity contribution < 1.29 is 14.2 Å². The van der Waals surface area contributed by atoms with Crippen LogP contribution in [0.15, 0.2) is 12.2 Å². The van der Waals surface area contributed by atoms with E-state index in [1.165, 1.54) is 6.26 Å². The Labute approximate surface area is 34.1 Å². The van der Waals surface area contributed by atoms with Crippen LogP contribution in [0.4, 0.5) is 0 Å². The zero-order valence-corrected chi connectivity index (χ0v) is 2.80. The molecule has 3 nitrogen and oxygen atoms in total. The maximum Gasteiger partial charge on any atom is 0.551 e. The highest BCUT2D eigenvalue weighted by Crippen LogP contribution is 2.35. The zero-order chi connectivity index (χ0) is 3.98. The van der Waals surface area contributed by atoms with Gasteiger partial charge in [0.25, 0.3) is 0 Å². The van der Waals surface area contributed by atoms with Gasteiger partial charge in [0, 0.05) is 0 Å². The SMILES string of the molecule is C1=C2O[C](O1)O2. The van der Waals surface area contributed by atoms with Crippen LogP contribution < -0.4 is 0 Å². The third-order valence-corrected chi connectivity index (χ3v) is 0.619. The topological polar surface area (TPSA) is 27.7 Å². The molecular formula is C3HO3. The van der Waals surface area contributed by atoms with Crippen LogP contribution in [-0.2, 0) is 14.2 Å². The van der Waals surface area contributed by atoms with Crippen molar-refractivity contribution in [3.05, 3.63) is 18.7 Å². The molecule has 0 atom stereocenters. The molecule has 2 bridgehead atoms. The van der Waals surface area contributed by atoms with E-state index in [-0.39, 0.29) is 6.48 Å². The fourth-order valence-electron chi connectivity index (χ4n) is 0.364. The van der Waals surface area contributed by atoms with Crippen LogP contribution in [0.5, 0.6) is 0 Å². The lowest BCUT2D eigenvalue weighted by atomic mass is 10.9. The van der Waals surface area contributed by atoms with Crippen molar-refractivity contribution in [2.24, 2.45) is 0 Å². The Bertz CT molecular complexity index is 95.9. The van der Waals surface area contributed by atoms with Crippen molar-refractivity contribution in [2.75, 3.05) is 0 Å². The predicted octanol–water partition coefficient (Wildman–Crippen LogP) is 0.309. The van der Waals surface area contributed by atoms with Crippen molar-refractivity contribution in [2.45, 2.75) is 0 Å². The molecule has 1 fully saturated rings. The normalized spacial score (nSPS) is 25.7. The Hall–Kier alpha value is -0.860. The van der Waals surface area contributed by atoms with Gasteiger partial charge in [0.15, 0.2) is 6.26 Å². The molecule has 1 saturated heterocycles. The second-order valence-electron chi connectivity index (χ2n) is 1.01. The molecule has 3 aliphatic heterocycles. The monoisotopic (exact) mass is 85.0 g/mol. The van der Waals surface area contributed by atoms with Crippen LogP contribution in [0, 0.1) is 6.48 Å². The molecule has 0 aliphatic carbocycles. The van der Waals surface area contributed by atoms with E-state index in [9.17, 15) is 0 Å². The fourth-order valence-corrected chi connectivity index (χ4v) is 0.364. The maximum atomic E-state index is 4.58. The highest BCUT2D eigenvalue weighted by atomic mass is 17.0. The Morgan fingerprint density at radius 3 is 2.33 bits per heavy atom. The van der Waals surface area contributed by atoms with Crippen molar-refractivity contribution in [3.8, 4) is 0 Å². The molecule has 0 aromatic heterocycles. The van der Waals surface area contributed by atoms with Gasteiger partial charge in [-0.1, -0.05) is 0 Å². The van der Waals surface area contributed by atoms with E-state index in [0.717, 1.165) is 0 Å². The number of hydrogen-bond acceptors (Lipinski definition) is 3. The molecule has 0 unspecified atom stereocenters. The summed E-state index contributed by atoms with van der Waals surface area (Å²) in [5, 5.41) is 0. The minimum Gasteiger partial charge on any atom is -0.412 e. The van der Waals surface area contributed by atoms with E-state index in [2.05, 4.69) is 14.2 Å². The Morgan fingerprint density at radius 1 is 1.33 bits per heavy atom. The summed E-state index contributed by atoms with van der Waals surface area (Å²) in [6.07, 6.45) is 1.41. The summed E-state index contributed by atoms with van der Waals surface area (Å²) in [7, 11) is 0. The zero-order valence-electron chi connectivity index (χ0n) is 2.80. The molecule has 6 heavy (non-hydrogen) atoms. The standard InChI is InChI=1S/C3HO3/c1-2-5-3(4-1)6-2/h1H. The largest absolute Gasteiger partial charge is 0.551 e. The third-order valence-electron chi connectivity index (χ3n) is 0.619. The molecule has 1 radical (unpaired) electrons. The van der Waals surface area contributed by atoms with Crippen molar-refractivity contribution in [3.63, 3.8) is 0 Å². The summed E-state index contributed by atoms with van der Waals surface area (Å²) in [5.41, 5.74) is 0. The van der Waals surface area contributed by atoms with Crippen LogP contribution >= 0.6 is 0 Å². The van der Waals surface area contributed by atoms with Crippen molar-refractivity contribution in [1.82, 2.24) is 0 Å². The minimum atomic E-state index is 0.255. The number of ether oxygens (including phenoxy) is 3. The lowest BCUT2D eigenvalue weighted by molar-refractivity contribution is -0.206. The van der Waals surface area contributed by atoms with Gasteiger partial charge in [-0.25, -0.2) is 0 Å². The number of hydrogen-bond donors (Lipinski definition) is 0. The van der Waals surface area contributed by atoms with Gasteiger partial charge in [-0.3, -0.25) is 0 Å². The van der Waals surface area contributed by atoms with E-state index < -0.39 is 0 Å². The Kier molecular flexibility index (Phi) is 0.190. The van der Waals surface area contributed by atoms with E-state index in [4.69, 9.17) is 0 Å². The van der Waals surface area contributed by atoms with Gasteiger partial charge < -0.3 is 14.2 Å². The molecule has 31 valence electrons. The van der Waals surface area contributed by atoms with Gasteiger partial charge in [-0.05, 0) is 0 Å². The maximum absolute atomic E-state index is 4.58. The molecule has 0 spiro atoms. The average Bonchev–Trinajstić information content (AvgIpc) is 1.72. The van der Waals surface area contributed by atoms with Crippen LogP contribution in [0.25, 0.3) is 0 Å². The van der Waals surface area contributed by atoms with Gasteiger partial charge in [0.05, 0.1) is 0 Å². The molecule has 3 aliphatic rings. The third kappa shape index (κ3) is 0.0976. The van der Waals surface area contributed by atoms with Crippen molar-refractivity contribution >= 4 is 0 Å². The van der Waals surface area contributed by atoms with E-state index in [1.807, 2.05) is 0 Å². The molecular weight excluding hydrogens is 84.0 g/mol. The van der Waals surface area contributed by atoms with Crippen LogP contribution in [0.3, 0.4) is 0 Å². The summed E-state index contributed by atoms with van der Waals surface area (Å²) in [6.45, 7) is 0.255. The second kappa shape index (κ2) is 0.489. The summed E-state index contributed by atoms with van der Waals surface area (Å²) in [4.78, 5) is 0. The second-order valence-corrected chi connectivity index (χ2v) is 1.01. The number of fused-ring (bicyclic) bond motifs is 1.